The molecule has 0 spiro atoms. The SMILES string of the molecule is O=C(CSc1ccc(NC(=O)c2ccccc2F)nn1)Nc1ccccc1. The predicted octanol–water partition coefficient (Wildman–Crippen LogP) is 3.60. The molecule has 0 aliphatic carbocycles. The Morgan fingerprint density at radius 3 is 2.33 bits per heavy atom. The number of rotatable bonds is 6. The van der Waals surface area contributed by atoms with Crippen molar-refractivity contribution in [2.45, 2.75) is 5.03 Å². The fourth-order valence-electron chi connectivity index (χ4n) is 2.15. The van der Waals surface area contributed by atoms with Crippen LogP contribution in [0.2, 0.25) is 0 Å². The Morgan fingerprint density at radius 1 is 0.889 bits per heavy atom. The third-order valence-electron chi connectivity index (χ3n) is 3.41. The van der Waals surface area contributed by atoms with Gasteiger partial charge in [0.05, 0.1) is 11.3 Å². The van der Waals surface area contributed by atoms with Crippen LogP contribution >= 0.6 is 11.8 Å². The fraction of sp³-hybridized carbons (Fsp3) is 0.0526. The number of thioether (sulfide) groups is 1. The maximum Gasteiger partial charge on any atom is 0.259 e. The van der Waals surface area contributed by atoms with Gasteiger partial charge < -0.3 is 10.6 Å². The molecule has 1 aromatic heterocycles. The number of nitrogens with one attached hydrogen (secondary N) is 2. The standard InChI is InChI=1S/C19H15FN4O2S/c20-15-9-5-4-8-14(15)19(26)22-16-10-11-18(24-23-16)27-12-17(25)21-13-6-2-1-3-7-13/h1-11H,12H2,(H,21,25)(H,22,23,26). The van der Waals surface area contributed by atoms with Crippen molar-refractivity contribution in [3.63, 3.8) is 0 Å². The minimum Gasteiger partial charge on any atom is -0.325 e. The summed E-state index contributed by atoms with van der Waals surface area (Å²) in [4.78, 5) is 23.9. The summed E-state index contributed by atoms with van der Waals surface area (Å²) < 4.78 is 13.6. The topological polar surface area (TPSA) is 84.0 Å². The van der Waals surface area contributed by atoms with E-state index in [1.165, 1.54) is 30.0 Å². The number of hydrogen-bond donors (Lipinski definition) is 2. The lowest BCUT2D eigenvalue weighted by atomic mass is 10.2. The predicted molar refractivity (Wildman–Crippen MR) is 102 cm³/mol. The second kappa shape index (κ2) is 8.91. The van der Waals surface area contributed by atoms with Crippen molar-refractivity contribution in [2.75, 3.05) is 16.4 Å². The minimum atomic E-state index is -0.612. The molecule has 0 saturated heterocycles. The Bertz CT molecular complexity index is 936. The fourth-order valence-corrected chi connectivity index (χ4v) is 2.76. The highest BCUT2D eigenvalue weighted by molar-refractivity contribution is 7.99. The number of amides is 2. The summed E-state index contributed by atoms with van der Waals surface area (Å²) in [6.45, 7) is 0. The normalized spacial score (nSPS) is 10.3. The highest BCUT2D eigenvalue weighted by Gasteiger charge is 2.12. The van der Waals surface area contributed by atoms with Crippen LogP contribution < -0.4 is 10.6 Å². The van der Waals surface area contributed by atoms with E-state index in [0.29, 0.717) is 5.03 Å². The lowest BCUT2D eigenvalue weighted by Gasteiger charge is -2.06. The van der Waals surface area contributed by atoms with Crippen molar-refractivity contribution in [1.82, 2.24) is 10.2 Å². The summed E-state index contributed by atoms with van der Waals surface area (Å²) in [5, 5.41) is 13.6. The molecule has 0 fully saturated rings. The van der Waals surface area contributed by atoms with E-state index >= 15 is 0 Å². The van der Waals surface area contributed by atoms with Crippen LogP contribution in [-0.4, -0.2) is 27.8 Å². The number of nitrogens with zero attached hydrogens (tertiary/aromatic N) is 2. The maximum atomic E-state index is 13.6. The van der Waals surface area contributed by atoms with E-state index in [4.69, 9.17) is 0 Å². The molecular formula is C19H15FN4O2S. The number of para-hydroxylation sites is 1. The van der Waals surface area contributed by atoms with Crippen LogP contribution in [0.15, 0.2) is 71.8 Å². The molecule has 0 atom stereocenters. The highest BCUT2D eigenvalue weighted by Crippen LogP contribution is 2.17. The summed E-state index contributed by atoms with van der Waals surface area (Å²) in [6, 6.07) is 18.0. The average Bonchev–Trinajstić information content (AvgIpc) is 2.68. The van der Waals surface area contributed by atoms with Crippen molar-refractivity contribution < 1.29 is 14.0 Å². The van der Waals surface area contributed by atoms with Crippen LogP contribution in [0.5, 0.6) is 0 Å². The smallest absolute Gasteiger partial charge is 0.259 e. The number of carbonyl (C=O) groups excluding carboxylic acids is 2. The molecule has 3 aromatic rings. The average molecular weight is 382 g/mol. The monoisotopic (exact) mass is 382 g/mol. The first-order valence-electron chi connectivity index (χ1n) is 7.99. The van der Waals surface area contributed by atoms with Gasteiger partial charge in [0.15, 0.2) is 5.82 Å². The van der Waals surface area contributed by atoms with Gasteiger partial charge in [0.2, 0.25) is 5.91 Å². The first-order valence-corrected chi connectivity index (χ1v) is 8.98. The van der Waals surface area contributed by atoms with Gasteiger partial charge in [-0.1, -0.05) is 42.1 Å². The van der Waals surface area contributed by atoms with Crippen LogP contribution in [-0.2, 0) is 4.79 Å². The molecular weight excluding hydrogens is 367 g/mol. The van der Waals surface area contributed by atoms with Crippen molar-refractivity contribution >= 4 is 35.1 Å². The summed E-state index contributed by atoms with van der Waals surface area (Å²) in [5.41, 5.74) is 0.649. The van der Waals surface area contributed by atoms with Gasteiger partial charge >= 0.3 is 0 Å². The summed E-state index contributed by atoms with van der Waals surface area (Å²) >= 11 is 1.22. The van der Waals surface area contributed by atoms with Crippen LogP contribution in [0.4, 0.5) is 15.9 Å². The zero-order valence-corrected chi connectivity index (χ0v) is 14.9. The van der Waals surface area contributed by atoms with E-state index < -0.39 is 11.7 Å². The second-order valence-corrected chi connectivity index (χ2v) is 6.39. The Morgan fingerprint density at radius 2 is 1.63 bits per heavy atom. The second-order valence-electron chi connectivity index (χ2n) is 5.39. The van der Waals surface area contributed by atoms with Crippen LogP contribution in [0.1, 0.15) is 10.4 Å². The highest BCUT2D eigenvalue weighted by atomic mass is 32.2. The zero-order chi connectivity index (χ0) is 19.1. The molecule has 1 heterocycles. The van der Waals surface area contributed by atoms with Crippen LogP contribution in [0.3, 0.4) is 0 Å². The molecule has 2 N–H and O–H groups in total. The lowest BCUT2D eigenvalue weighted by Crippen LogP contribution is -2.15. The number of anilines is 2. The van der Waals surface area contributed by atoms with E-state index in [1.54, 1.807) is 30.3 Å². The van der Waals surface area contributed by atoms with Gasteiger partial charge in [0, 0.05) is 5.69 Å². The lowest BCUT2D eigenvalue weighted by molar-refractivity contribution is -0.113. The molecule has 2 aromatic carbocycles. The molecule has 0 bridgehead atoms. The van der Waals surface area contributed by atoms with Gasteiger partial charge in [-0.05, 0) is 36.4 Å². The molecule has 6 nitrogen and oxygen atoms in total. The molecule has 0 aliphatic heterocycles. The maximum absolute atomic E-state index is 13.6. The summed E-state index contributed by atoms with van der Waals surface area (Å²) in [7, 11) is 0. The summed E-state index contributed by atoms with van der Waals surface area (Å²) in [5.74, 6) is -1.01. The van der Waals surface area contributed by atoms with E-state index in [2.05, 4.69) is 20.8 Å². The Hall–Kier alpha value is -3.26. The first-order chi connectivity index (χ1) is 13.1. The van der Waals surface area contributed by atoms with E-state index in [9.17, 15) is 14.0 Å². The number of hydrogen-bond acceptors (Lipinski definition) is 5. The number of aromatic nitrogens is 2. The van der Waals surface area contributed by atoms with E-state index in [-0.39, 0.29) is 23.0 Å². The molecule has 8 heteroatoms. The molecule has 136 valence electrons. The van der Waals surface area contributed by atoms with Gasteiger partial charge in [-0.15, -0.1) is 10.2 Å². The largest absolute Gasteiger partial charge is 0.325 e. The molecule has 27 heavy (non-hydrogen) atoms. The van der Waals surface area contributed by atoms with Gasteiger partial charge in [-0.2, -0.15) is 0 Å². The van der Waals surface area contributed by atoms with E-state index in [0.717, 1.165) is 5.69 Å². The van der Waals surface area contributed by atoms with E-state index in [1.807, 2.05) is 18.2 Å². The number of carbonyl (C=O) groups is 2. The third-order valence-corrected chi connectivity index (χ3v) is 4.33. The van der Waals surface area contributed by atoms with Gasteiger partial charge in [-0.25, -0.2) is 4.39 Å². The van der Waals surface area contributed by atoms with Crippen LogP contribution in [0, 0.1) is 5.82 Å². The van der Waals surface area contributed by atoms with Gasteiger partial charge in [0.25, 0.3) is 5.91 Å². The molecule has 3 rings (SSSR count). The Balaban J connectivity index is 1.52. The number of benzene rings is 2. The first kappa shape index (κ1) is 18.5. The van der Waals surface area contributed by atoms with Crippen LogP contribution in [0.25, 0.3) is 0 Å². The van der Waals surface area contributed by atoms with Crippen molar-refractivity contribution in [1.29, 1.82) is 0 Å². The number of halogens is 1. The van der Waals surface area contributed by atoms with Gasteiger partial charge in [0.1, 0.15) is 10.8 Å². The molecule has 0 saturated carbocycles. The molecule has 0 radical (unpaired) electrons. The van der Waals surface area contributed by atoms with Crippen molar-refractivity contribution in [3.05, 3.63) is 78.1 Å². The molecule has 0 aliphatic rings. The Kier molecular flexibility index (Phi) is 6.11. The minimum absolute atomic E-state index is 0.0738. The Labute approximate surface area is 159 Å². The van der Waals surface area contributed by atoms with Crippen molar-refractivity contribution in [2.24, 2.45) is 0 Å². The third kappa shape index (κ3) is 5.35. The van der Waals surface area contributed by atoms with Crippen molar-refractivity contribution in [3.8, 4) is 0 Å². The zero-order valence-electron chi connectivity index (χ0n) is 14.1. The molecule has 0 unspecified atom stereocenters. The summed E-state index contributed by atoms with van der Waals surface area (Å²) in [6.07, 6.45) is 0. The molecule has 2 amide bonds. The van der Waals surface area contributed by atoms with Gasteiger partial charge in [-0.3, -0.25) is 9.59 Å². The quantitative estimate of drug-likeness (QED) is 0.637.